The Balaban J connectivity index is 1.52. The number of nitrogens with zero attached hydrogens (tertiary/aromatic N) is 2. The molecule has 0 bridgehead atoms. The predicted octanol–water partition coefficient (Wildman–Crippen LogP) is 3.14. The van der Waals surface area contributed by atoms with Gasteiger partial charge in [-0.05, 0) is 42.7 Å². The first-order chi connectivity index (χ1) is 10.8. The molecule has 2 heterocycles. The summed E-state index contributed by atoms with van der Waals surface area (Å²) in [6.07, 6.45) is 8.35. The predicted molar refractivity (Wildman–Crippen MR) is 86.5 cm³/mol. The Morgan fingerprint density at radius 1 is 1.23 bits per heavy atom. The van der Waals surface area contributed by atoms with Crippen LogP contribution in [0.3, 0.4) is 0 Å². The van der Waals surface area contributed by atoms with Gasteiger partial charge in [0.25, 0.3) is 0 Å². The lowest BCUT2D eigenvalue weighted by Crippen LogP contribution is -2.32. The molecule has 3 rings (SSSR count). The van der Waals surface area contributed by atoms with Crippen LogP contribution < -0.4 is 0 Å². The Hall–Kier alpha value is -2.10. The van der Waals surface area contributed by atoms with Crippen LogP contribution in [0.5, 0.6) is 0 Å². The molecule has 0 radical (unpaired) electrons. The van der Waals surface area contributed by atoms with E-state index in [9.17, 15) is 4.79 Å². The number of nitrogens with one attached hydrogen (secondary N) is 1. The van der Waals surface area contributed by atoms with E-state index in [2.05, 4.69) is 40.5 Å². The van der Waals surface area contributed by atoms with E-state index in [1.807, 2.05) is 11.1 Å². The van der Waals surface area contributed by atoms with E-state index in [0.717, 1.165) is 37.9 Å². The summed E-state index contributed by atoms with van der Waals surface area (Å²) in [4.78, 5) is 14.4. The van der Waals surface area contributed by atoms with Crippen LogP contribution in [0.4, 0.5) is 0 Å². The van der Waals surface area contributed by atoms with Crippen molar-refractivity contribution in [1.29, 1.82) is 0 Å². The van der Waals surface area contributed by atoms with Gasteiger partial charge in [-0.15, -0.1) is 0 Å². The number of hydrogen-bond acceptors (Lipinski definition) is 2. The van der Waals surface area contributed by atoms with Crippen molar-refractivity contribution in [2.24, 2.45) is 0 Å². The number of aromatic nitrogens is 2. The van der Waals surface area contributed by atoms with Crippen LogP contribution in [0, 0.1) is 0 Å². The minimum Gasteiger partial charge on any atom is -0.343 e. The number of hydrogen-bond donors (Lipinski definition) is 1. The van der Waals surface area contributed by atoms with Gasteiger partial charge in [0.05, 0.1) is 6.20 Å². The Bertz CT molecular complexity index is 580. The van der Waals surface area contributed by atoms with Gasteiger partial charge in [-0.3, -0.25) is 9.89 Å². The fraction of sp³-hybridized carbons (Fsp3) is 0.444. The highest BCUT2D eigenvalue weighted by atomic mass is 16.2. The maximum atomic E-state index is 12.4. The van der Waals surface area contributed by atoms with Crippen molar-refractivity contribution in [2.75, 3.05) is 13.1 Å². The van der Waals surface area contributed by atoms with Crippen molar-refractivity contribution >= 4 is 5.91 Å². The van der Waals surface area contributed by atoms with E-state index in [4.69, 9.17) is 0 Å². The zero-order valence-electron chi connectivity index (χ0n) is 12.9. The zero-order chi connectivity index (χ0) is 15.2. The molecule has 1 atom stereocenters. The highest BCUT2D eigenvalue weighted by Crippen LogP contribution is 2.28. The second-order valence-electron chi connectivity index (χ2n) is 6.03. The van der Waals surface area contributed by atoms with Gasteiger partial charge in [0.2, 0.25) is 5.91 Å². The summed E-state index contributed by atoms with van der Waals surface area (Å²) >= 11 is 0. The summed E-state index contributed by atoms with van der Waals surface area (Å²) in [6, 6.07) is 10.7. The van der Waals surface area contributed by atoms with Gasteiger partial charge >= 0.3 is 0 Å². The average Bonchev–Trinajstić information content (AvgIpc) is 2.96. The van der Waals surface area contributed by atoms with Crippen LogP contribution >= 0.6 is 0 Å². The van der Waals surface area contributed by atoms with E-state index in [1.165, 1.54) is 12.0 Å². The molecule has 1 amide bonds. The summed E-state index contributed by atoms with van der Waals surface area (Å²) in [6.45, 7) is 1.78. The van der Waals surface area contributed by atoms with Gasteiger partial charge in [0.15, 0.2) is 0 Å². The van der Waals surface area contributed by atoms with Crippen LogP contribution in [0.15, 0.2) is 42.7 Å². The topological polar surface area (TPSA) is 49.0 Å². The van der Waals surface area contributed by atoms with Gasteiger partial charge in [-0.1, -0.05) is 30.3 Å². The van der Waals surface area contributed by atoms with E-state index < -0.39 is 0 Å². The van der Waals surface area contributed by atoms with Gasteiger partial charge in [0.1, 0.15) is 0 Å². The van der Waals surface area contributed by atoms with Crippen LogP contribution in [-0.2, 0) is 11.2 Å². The minimum atomic E-state index is 0.273. The van der Waals surface area contributed by atoms with E-state index in [-0.39, 0.29) is 5.91 Å². The number of carbonyl (C=O) groups excluding carboxylic acids is 1. The summed E-state index contributed by atoms with van der Waals surface area (Å²) in [5, 5.41) is 6.71. The molecular weight excluding hydrogens is 274 g/mol. The SMILES string of the molecule is O=C(CCc1cn[nH]c1)N1CCCC(c2ccccc2)CC1. The molecular formula is C18H23N3O. The first-order valence-electron chi connectivity index (χ1n) is 8.13. The number of carbonyl (C=O) groups is 1. The molecule has 1 aromatic heterocycles. The number of rotatable bonds is 4. The van der Waals surface area contributed by atoms with Crippen molar-refractivity contribution in [1.82, 2.24) is 15.1 Å². The quantitative estimate of drug-likeness (QED) is 0.942. The third kappa shape index (κ3) is 3.75. The molecule has 2 aromatic rings. The van der Waals surface area contributed by atoms with Gasteiger partial charge in [-0.25, -0.2) is 0 Å². The fourth-order valence-electron chi connectivity index (χ4n) is 3.23. The first kappa shape index (κ1) is 14.8. The lowest BCUT2D eigenvalue weighted by Gasteiger charge is -2.20. The molecule has 1 aliphatic rings. The monoisotopic (exact) mass is 297 g/mol. The minimum absolute atomic E-state index is 0.273. The Labute approximate surface area is 131 Å². The molecule has 0 saturated carbocycles. The molecule has 116 valence electrons. The van der Waals surface area contributed by atoms with Crippen molar-refractivity contribution in [3.8, 4) is 0 Å². The number of aromatic amines is 1. The van der Waals surface area contributed by atoms with Crippen molar-refractivity contribution in [2.45, 2.75) is 38.0 Å². The van der Waals surface area contributed by atoms with Crippen LogP contribution in [-0.4, -0.2) is 34.1 Å². The molecule has 1 saturated heterocycles. The van der Waals surface area contributed by atoms with E-state index >= 15 is 0 Å². The van der Waals surface area contributed by atoms with Gasteiger partial charge in [0, 0.05) is 25.7 Å². The van der Waals surface area contributed by atoms with Crippen LogP contribution in [0.1, 0.15) is 42.7 Å². The standard InChI is InChI=1S/C18H23N3O/c22-18(9-8-15-13-19-20-14-15)21-11-4-7-17(10-12-21)16-5-2-1-3-6-16/h1-3,5-6,13-14,17H,4,7-12H2,(H,19,20). The second-order valence-corrected chi connectivity index (χ2v) is 6.03. The van der Waals surface area contributed by atoms with Crippen LogP contribution in [0.25, 0.3) is 0 Å². The molecule has 1 fully saturated rings. The maximum Gasteiger partial charge on any atom is 0.222 e. The van der Waals surface area contributed by atoms with Crippen molar-refractivity contribution in [3.05, 3.63) is 53.9 Å². The number of benzene rings is 1. The van der Waals surface area contributed by atoms with Crippen molar-refractivity contribution in [3.63, 3.8) is 0 Å². The third-order valence-electron chi connectivity index (χ3n) is 4.53. The molecule has 22 heavy (non-hydrogen) atoms. The molecule has 1 N–H and O–H groups in total. The Morgan fingerprint density at radius 3 is 2.86 bits per heavy atom. The molecule has 4 heteroatoms. The Kier molecular flexibility index (Phi) is 4.88. The zero-order valence-corrected chi connectivity index (χ0v) is 12.9. The molecule has 0 spiro atoms. The smallest absolute Gasteiger partial charge is 0.222 e. The number of amides is 1. The molecule has 0 aliphatic carbocycles. The number of likely N-dealkylation sites (tertiary alicyclic amines) is 1. The molecule has 1 unspecified atom stereocenters. The third-order valence-corrected chi connectivity index (χ3v) is 4.53. The van der Waals surface area contributed by atoms with E-state index in [0.29, 0.717) is 12.3 Å². The second kappa shape index (κ2) is 7.25. The normalized spacial score (nSPS) is 18.9. The van der Waals surface area contributed by atoms with Crippen molar-refractivity contribution < 1.29 is 4.79 Å². The first-order valence-corrected chi connectivity index (χ1v) is 8.13. The molecule has 1 aromatic carbocycles. The summed E-state index contributed by atoms with van der Waals surface area (Å²) in [5.41, 5.74) is 2.51. The Morgan fingerprint density at radius 2 is 2.09 bits per heavy atom. The average molecular weight is 297 g/mol. The largest absolute Gasteiger partial charge is 0.343 e. The number of aryl methyl sites for hydroxylation is 1. The summed E-state index contributed by atoms with van der Waals surface area (Å²) in [5.74, 6) is 0.864. The van der Waals surface area contributed by atoms with E-state index in [1.54, 1.807) is 6.20 Å². The van der Waals surface area contributed by atoms with Crippen LogP contribution in [0.2, 0.25) is 0 Å². The fourth-order valence-corrected chi connectivity index (χ4v) is 3.23. The molecule has 1 aliphatic heterocycles. The lowest BCUT2D eigenvalue weighted by molar-refractivity contribution is -0.131. The maximum absolute atomic E-state index is 12.4. The molecule has 4 nitrogen and oxygen atoms in total. The number of H-pyrrole nitrogens is 1. The highest BCUT2D eigenvalue weighted by molar-refractivity contribution is 5.76. The lowest BCUT2D eigenvalue weighted by atomic mass is 9.92. The summed E-state index contributed by atoms with van der Waals surface area (Å²) < 4.78 is 0. The highest BCUT2D eigenvalue weighted by Gasteiger charge is 2.21. The van der Waals surface area contributed by atoms with Gasteiger partial charge < -0.3 is 4.90 Å². The van der Waals surface area contributed by atoms with Gasteiger partial charge in [-0.2, -0.15) is 5.10 Å². The summed E-state index contributed by atoms with van der Waals surface area (Å²) in [7, 11) is 0.